The molecule has 3 fully saturated rings. The molecule has 2 atom stereocenters. The number of ether oxygens (including phenoxy) is 1. The van der Waals surface area contributed by atoms with Crippen LogP contribution < -0.4 is 0 Å². The lowest BCUT2D eigenvalue weighted by atomic mass is 10.1. The second-order valence-electron chi connectivity index (χ2n) is 6.37. The molecule has 1 aromatic rings. The number of carbonyl (C=O) groups excluding carboxylic acids is 1. The summed E-state index contributed by atoms with van der Waals surface area (Å²) in [4.78, 5) is 20.9. The number of aromatic nitrogens is 3. The molecule has 4 rings (SSSR count). The molecule has 1 saturated carbocycles. The number of hydrogen-bond donors (Lipinski definition) is 0. The van der Waals surface area contributed by atoms with E-state index in [0.29, 0.717) is 12.6 Å². The summed E-state index contributed by atoms with van der Waals surface area (Å²) >= 11 is 0. The van der Waals surface area contributed by atoms with Crippen LogP contribution in [0.2, 0.25) is 0 Å². The van der Waals surface area contributed by atoms with Crippen LogP contribution >= 0.6 is 0 Å². The Morgan fingerprint density at radius 2 is 2.29 bits per heavy atom. The highest BCUT2D eigenvalue weighted by Gasteiger charge is 2.43. The van der Waals surface area contributed by atoms with Gasteiger partial charge in [0.2, 0.25) is 5.82 Å². The van der Waals surface area contributed by atoms with Gasteiger partial charge in [0.05, 0.1) is 18.8 Å². The van der Waals surface area contributed by atoms with Gasteiger partial charge in [-0.1, -0.05) is 0 Å². The molecular weight excluding hydrogens is 270 g/mol. The normalized spacial score (nSPS) is 29.7. The smallest absolute Gasteiger partial charge is 0.293 e. The minimum absolute atomic E-state index is 0.0834. The van der Waals surface area contributed by atoms with Crippen molar-refractivity contribution in [3.8, 4) is 0 Å². The van der Waals surface area contributed by atoms with Crippen molar-refractivity contribution in [1.82, 2.24) is 24.6 Å². The van der Waals surface area contributed by atoms with Crippen LogP contribution in [0.25, 0.3) is 0 Å². The first-order valence-corrected chi connectivity index (χ1v) is 7.71. The van der Waals surface area contributed by atoms with Crippen molar-refractivity contribution >= 4 is 5.91 Å². The third-order valence-electron chi connectivity index (χ3n) is 4.68. The quantitative estimate of drug-likeness (QED) is 0.768. The maximum absolute atomic E-state index is 12.5. The Balaban J connectivity index is 1.45. The van der Waals surface area contributed by atoms with E-state index >= 15 is 0 Å². The summed E-state index contributed by atoms with van der Waals surface area (Å²) in [6, 6.07) is 0.340. The SMILES string of the molecule is Cn1cnc(C(=O)N2C[C@@H]3OCCN(CC4CC4)[C@@H]3C2)n1. The number of carbonyl (C=O) groups is 1. The Labute approximate surface area is 123 Å². The van der Waals surface area contributed by atoms with Gasteiger partial charge < -0.3 is 9.64 Å². The fourth-order valence-corrected chi connectivity index (χ4v) is 3.36. The van der Waals surface area contributed by atoms with Gasteiger partial charge in [-0.05, 0) is 18.8 Å². The van der Waals surface area contributed by atoms with Crippen molar-refractivity contribution < 1.29 is 9.53 Å². The highest BCUT2D eigenvalue weighted by atomic mass is 16.5. The average Bonchev–Trinajstić information content (AvgIpc) is 3.01. The third kappa shape index (κ3) is 2.55. The summed E-state index contributed by atoms with van der Waals surface area (Å²) in [5.41, 5.74) is 0. The predicted octanol–water partition coefficient (Wildman–Crippen LogP) is -0.250. The topological polar surface area (TPSA) is 63.5 Å². The molecule has 1 aliphatic carbocycles. The van der Waals surface area contributed by atoms with Gasteiger partial charge in [-0.3, -0.25) is 14.4 Å². The molecule has 21 heavy (non-hydrogen) atoms. The number of fused-ring (bicyclic) bond motifs is 1. The predicted molar refractivity (Wildman–Crippen MR) is 74.7 cm³/mol. The second-order valence-corrected chi connectivity index (χ2v) is 6.37. The van der Waals surface area contributed by atoms with Gasteiger partial charge >= 0.3 is 0 Å². The summed E-state index contributed by atoms with van der Waals surface area (Å²) < 4.78 is 7.44. The Bertz CT molecular complexity index is 541. The minimum Gasteiger partial charge on any atom is -0.373 e. The Morgan fingerprint density at radius 3 is 3.00 bits per heavy atom. The third-order valence-corrected chi connectivity index (χ3v) is 4.68. The van der Waals surface area contributed by atoms with E-state index in [0.717, 1.165) is 32.2 Å². The number of amides is 1. The summed E-state index contributed by atoms with van der Waals surface area (Å²) in [5.74, 6) is 1.07. The van der Waals surface area contributed by atoms with Crippen LogP contribution in [0.15, 0.2) is 6.33 Å². The zero-order valence-electron chi connectivity index (χ0n) is 12.3. The van der Waals surface area contributed by atoms with Crippen molar-refractivity contribution in [1.29, 1.82) is 0 Å². The number of nitrogens with zero attached hydrogens (tertiary/aromatic N) is 5. The fourth-order valence-electron chi connectivity index (χ4n) is 3.36. The molecule has 7 heteroatoms. The average molecular weight is 291 g/mol. The monoisotopic (exact) mass is 291 g/mol. The number of aryl methyl sites for hydroxylation is 1. The van der Waals surface area contributed by atoms with Crippen LogP contribution in [0.5, 0.6) is 0 Å². The molecule has 3 aliphatic rings. The molecule has 7 nitrogen and oxygen atoms in total. The first-order valence-electron chi connectivity index (χ1n) is 7.71. The molecule has 114 valence electrons. The van der Waals surface area contributed by atoms with E-state index < -0.39 is 0 Å². The van der Waals surface area contributed by atoms with Gasteiger partial charge in [0.25, 0.3) is 5.91 Å². The molecule has 0 radical (unpaired) electrons. The maximum atomic E-state index is 12.5. The van der Waals surface area contributed by atoms with Crippen molar-refractivity contribution in [3.05, 3.63) is 12.2 Å². The number of hydrogen-bond acceptors (Lipinski definition) is 5. The van der Waals surface area contributed by atoms with Crippen LogP contribution in [0.4, 0.5) is 0 Å². The van der Waals surface area contributed by atoms with E-state index in [1.54, 1.807) is 18.1 Å². The zero-order chi connectivity index (χ0) is 14.4. The second kappa shape index (κ2) is 5.06. The summed E-state index contributed by atoms with van der Waals surface area (Å²) in [6.45, 7) is 4.31. The van der Waals surface area contributed by atoms with E-state index in [2.05, 4.69) is 15.0 Å². The molecule has 0 aromatic carbocycles. The van der Waals surface area contributed by atoms with Crippen molar-refractivity contribution in [2.45, 2.75) is 25.0 Å². The van der Waals surface area contributed by atoms with Crippen LogP contribution in [-0.2, 0) is 11.8 Å². The van der Waals surface area contributed by atoms with E-state index in [1.807, 2.05) is 4.90 Å². The highest BCUT2D eigenvalue weighted by Crippen LogP contribution is 2.33. The van der Waals surface area contributed by atoms with Gasteiger partial charge in [0.1, 0.15) is 6.33 Å². The molecule has 3 heterocycles. The molecule has 0 bridgehead atoms. The van der Waals surface area contributed by atoms with Gasteiger partial charge in [0, 0.05) is 33.2 Å². The summed E-state index contributed by atoms with van der Waals surface area (Å²) in [7, 11) is 1.77. The lowest BCUT2D eigenvalue weighted by molar-refractivity contribution is -0.0484. The van der Waals surface area contributed by atoms with E-state index in [-0.39, 0.29) is 17.8 Å². The highest BCUT2D eigenvalue weighted by molar-refractivity contribution is 5.90. The standard InChI is InChI=1S/C14H21N5O2/c1-17-9-15-13(16-17)14(20)19-7-11-12(8-19)21-5-4-18(11)6-10-2-3-10/h9-12H,2-8H2,1H3/t11-,12+/m1/s1. The lowest BCUT2D eigenvalue weighted by Gasteiger charge is -2.36. The minimum atomic E-state index is -0.0834. The zero-order valence-corrected chi connectivity index (χ0v) is 12.3. The molecule has 2 saturated heterocycles. The summed E-state index contributed by atoms with van der Waals surface area (Å²) in [6.07, 6.45) is 4.42. The van der Waals surface area contributed by atoms with E-state index in [1.165, 1.54) is 12.8 Å². The molecule has 0 spiro atoms. The number of rotatable bonds is 3. The Kier molecular flexibility index (Phi) is 3.19. The van der Waals surface area contributed by atoms with Crippen molar-refractivity contribution in [3.63, 3.8) is 0 Å². The van der Waals surface area contributed by atoms with Gasteiger partial charge in [-0.25, -0.2) is 4.98 Å². The molecule has 0 unspecified atom stereocenters. The first kappa shape index (κ1) is 13.2. The Hall–Kier alpha value is -1.47. The van der Waals surface area contributed by atoms with Gasteiger partial charge in [0.15, 0.2) is 0 Å². The lowest BCUT2D eigenvalue weighted by Crippen LogP contribution is -2.51. The van der Waals surface area contributed by atoms with Crippen LogP contribution in [0, 0.1) is 5.92 Å². The van der Waals surface area contributed by atoms with Crippen LogP contribution in [0.1, 0.15) is 23.5 Å². The van der Waals surface area contributed by atoms with E-state index in [9.17, 15) is 4.79 Å². The first-order chi connectivity index (χ1) is 10.2. The molecule has 1 amide bonds. The van der Waals surface area contributed by atoms with Gasteiger partial charge in [-0.2, -0.15) is 0 Å². The largest absolute Gasteiger partial charge is 0.373 e. The molecule has 2 aliphatic heterocycles. The number of likely N-dealkylation sites (tertiary alicyclic amines) is 1. The molecular formula is C14H21N5O2. The summed E-state index contributed by atoms with van der Waals surface area (Å²) in [5, 5.41) is 4.11. The maximum Gasteiger partial charge on any atom is 0.293 e. The van der Waals surface area contributed by atoms with Gasteiger partial charge in [-0.15, -0.1) is 5.10 Å². The van der Waals surface area contributed by atoms with E-state index in [4.69, 9.17) is 4.74 Å². The fraction of sp³-hybridized carbons (Fsp3) is 0.786. The van der Waals surface area contributed by atoms with Crippen molar-refractivity contribution in [2.24, 2.45) is 13.0 Å². The number of morpholine rings is 1. The van der Waals surface area contributed by atoms with Crippen LogP contribution in [0.3, 0.4) is 0 Å². The molecule has 0 N–H and O–H groups in total. The molecule has 1 aromatic heterocycles. The van der Waals surface area contributed by atoms with Crippen LogP contribution in [-0.4, -0.2) is 75.4 Å². The van der Waals surface area contributed by atoms with Crippen molar-refractivity contribution in [2.75, 3.05) is 32.8 Å². The Morgan fingerprint density at radius 1 is 1.43 bits per heavy atom.